The first-order valence-corrected chi connectivity index (χ1v) is 11.6. The number of hydrogen-bond acceptors (Lipinski definition) is 6. The van der Waals surface area contributed by atoms with E-state index in [9.17, 15) is 18.0 Å². The molecule has 0 spiro atoms. The molecule has 4 heterocycles. The van der Waals surface area contributed by atoms with E-state index in [1.54, 1.807) is 23.4 Å². The molecule has 0 aliphatic carbocycles. The van der Waals surface area contributed by atoms with Crippen LogP contribution in [0.1, 0.15) is 45.0 Å². The van der Waals surface area contributed by atoms with E-state index in [2.05, 4.69) is 27.2 Å². The molecule has 0 radical (unpaired) electrons. The van der Waals surface area contributed by atoms with Crippen LogP contribution in [0.5, 0.6) is 5.88 Å². The van der Waals surface area contributed by atoms with Crippen molar-refractivity contribution in [2.75, 3.05) is 13.1 Å². The largest absolute Gasteiger partial charge is 0.472 e. The first-order chi connectivity index (χ1) is 16.7. The second kappa shape index (κ2) is 10.1. The van der Waals surface area contributed by atoms with Crippen LogP contribution in [0.4, 0.5) is 13.2 Å². The predicted octanol–water partition coefficient (Wildman–Crippen LogP) is 4.25. The van der Waals surface area contributed by atoms with E-state index in [-0.39, 0.29) is 23.7 Å². The second-order valence-electron chi connectivity index (χ2n) is 9.02. The maximum absolute atomic E-state index is 13.8. The van der Waals surface area contributed by atoms with Crippen LogP contribution in [0.25, 0.3) is 5.70 Å². The molecule has 1 saturated heterocycles. The summed E-state index contributed by atoms with van der Waals surface area (Å²) in [5.41, 5.74) is 1.24. The Morgan fingerprint density at radius 3 is 2.63 bits per heavy atom. The monoisotopic (exact) mass is 487 g/mol. The molecule has 3 atom stereocenters. The number of hydrogen-bond donors (Lipinski definition) is 1. The van der Waals surface area contributed by atoms with Crippen molar-refractivity contribution in [2.45, 2.75) is 51.9 Å². The van der Waals surface area contributed by atoms with Gasteiger partial charge in [0.05, 0.1) is 22.9 Å². The molecule has 1 N–H and O–H groups in total. The van der Waals surface area contributed by atoms with Crippen LogP contribution >= 0.6 is 0 Å². The number of dihydropyridines is 1. The van der Waals surface area contributed by atoms with Crippen LogP contribution in [0, 0.1) is 5.92 Å². The summed E-state index contributed by atoms with van der Waals surface area (Å²) in [4.78, 5) is 28.1. The summed E-state index contributed by atoms with van der Waals surface area (Å²) in [6, 6.07) is 3.63. The number of aromatic nitrogens is 3. The van der Waals surface area contributed by atoms with E-state index >= 15 is 0 Å². The summed E-state index contributed by atoms with van der Waals surface area (Å²) in [6.45, 7) is 7.07. The average Bonchev–Trinajstić information content (AvgIpc) is 3.23. The van der Waals surface area contributed by atoms with Crippen molar-refractivity contribution in [1.82, 2.24) is 25.2 Å². The molecule has 1 fully saturated rings. The van der Waals surface area contributed by atoms with E-state index in [4.69, 9.17) is 4.74 Å². The van der Waals surface area contributed by atoms with Crippen LogP contribution in [-0.2, 0) is 11.0 Å². The zero-order chi connectivity index (χ0) is 25.2. The number of likely N-dealkylation sites (tertiary alicyclic amines) is 1. The van der Waals surface area contributed by atoms with Gasteiger partial charge in [-0.3, -0.25) is 4.79 Å². The van der Waals surface area contributed by atoms with E-state index < -0.39 is 17.8 Å². The van der Waals surface area contributed by atoms with Gasteiger partial charge < -0.3 is 15.0 Å². The summed E-state index contributed by atoms with van der Waals surface area (Å²) >= 11 is 0. The van der Waals surface area contributed by atoms with Crippen molar-refractivity contribution in [2.24, 2.45) is 5.92 Å². The summed E-state index contributed by atoms with van der Waals surface area (Å²) in [7, 11) is 0. The first kappa shape index (κ1) is 24.7. The summed E-state index contributed by atoms with van der Waals surface area (Å²) < 4.78 is 44.7. The van der Waals surface area contributed by atoms with Crippen molar-refractivity contribution in [3.8, 4) is 5.88 Å². The highest BCUT2D eigenvalue weighted by molar-refractivity contribution is 6.04. The van der Waals surface area contributed by atoms with Crippen LogP contribution in [0.2, 0.25) is 0 Å². The van der Waals surface area contributed by atoms with Gasteiger partial charge in [0, 0.05) is 37.7 Å². The zero-order valence-electron chi connectivity index (χ0n) is 19.8. The first-order valence-electron chi connectivity index (χ1n) is 11.6. The minimum Gasteiger partial charge on any atom is -0.472 e. The molecule has 186 valence electrons. The molecule has 3 unspecified atom stereocenters. The molecule has 2 aliphatic heterocycles. The molecule has 1 amide bonds. The SMILES string of the molecule is CCC(Oc1ccc(C(F)(F)F)cn1)C1CC(C)CN1C(=O)C1=C(c2ncccn2)NCC(C)=C1. The van der Waals surface area contributed by atoms with Crippen LogP contribution < -0.4 is 10.1 Å². The molecule has 0 bridgehead atoms. The number of halogens is 3. The molecule has 2 aromatic rings. The lowest BCUT2D eigenvalue weighted by molar-refractivity contribution is -0.138. The van der Waals surface area contributed by atoms with E-state index in [1.807, 2.05) is 19.9 Å². The highest BCUT2D eigenvalue weighted by Gasteiger charge is 2.40. The Kier molecular flexibility index (Phi) is 7.09. The van der Waals surface area contributed by atoms with Gasteiger partial charge in [0.1, 0.15) is 6.10 Å². The number of amides is 1. The highest BCUT2D eigenvalue weighted by Crippen LogP contribution is 2.33. The van der Waals surface area contributed by atoms with Crippen molar-refractivity contribution in [1.29, 1.82) is 0 Å². The molecule has 0 aromatic carbocycles. The van der Waals surface area contributed by atoms with Gasteiger partial charge in [-0.1, -0.05) is 19.4 Å². The number of alkyl halides is 3. The van der Waals surface area contributed by atoms with Crippen molar-refractivity contribution < 1.29 is 22.7 Å². The molecule has 35 heavy (non-hydrogen) atoms. The molecule has 2 aromatic heterocycles. The highest BCUT2D eigenvalue weighted by atomic mass is 19.4. The number of carbonyl (C=O) groups is 1. The quantitative estimate of drug-likeness (QED) is 0.657. The number of pyridine rings is 1. The predicted molar refractivity (Wildman–Crippen MR) is 124 cm³/mol. The van der Waals surface area contributed by atoms with Gasteiger partial charge in [-0.25, -0.2) is 15.0 Å². The third-order valence-corrected chi connectivity index (χ3v) is 6.20. The Balaban J connectivity index is 1.61. The maximum atomic E-state index is 13.8. The molecule has 4 rings (SSSR count). The Bertz CT molecular complexity index is 1120. The van der Waals surface area contributed by atoms with Gasteiger partial charge in [-0.05, 0) is 43.9 Å². The fourth-order valence-corrected chi connectivity index (χ4v) is 4.52. The van der Waals surface area contributed by atoms with Gasteiger partial charge in [0.25, 0.3) is 5.91 Å². The third-order valence-electron chi connectivity index (χ3n) is 6.20. The standard InChI is InChI=1S/C25H28F3N5O2/c1-4-20(35-21-7-6-17(13-31-21)25(26,27)28)19-11-16(3)14-33(19)24(34)18-10-15(2)12-32-22(18)23-29-8-5-9-30-23/h5-10,13,16,19-20,32H,4,11-12,14H2,1-3H3. The number of nitrogens with one attached hydrogen (secondary N) is 1. The van der Waals surface area contributed by atoms with Crippen LogP contribution in [-0.4, -0.2) is 51.0 Å². The lowest BCUT2D eigenvalue weighted by atomic mass is 10.00. The molecule has 10 heteroatoms. The van der Waals surface area contributed by atoms with E-state index in [1.165, 1.54) is 6.07 Å². The Morgan fingerprint density at radius 1 is 1.26 bits per heavy atom. The summed E-state index contributed by atoms with van der Waals surface area (Å²) in [5, 5.41) is 3.27. The van der Waals surface area contributed by atoms with Gasteiger partial charge in [-0.2, -0.15) is 13.2 Å². The Labute approximate surface area is 202 Å². The average molecular weight is 488 g/mol. The smallest absolute Gasteiger partial charge is 0.417 e. The van der Waals surface area contributed by atoms with Crippen molar-refractivity contribution in [3.63, 3.8) is 0 Å². The summed E-state index contributed by atoms with van der Waals surface area (Å²) in [5.74, 6) is 0.627. The topological polar surface area (TPSA) is 80.2 Å². The molecule has 0 saturated carbocycles. The van der Waals surface area contributed by atoms with E-state index in [0.29, 0.717) is 43.0 Å². The van der Waals surface area contributed by atoms with Crippen molar-refractivity contribution >= 4 is 11.6 Å². The Morgan fingerprint density at radius 2 is 2.00 bits per heavy atom. The van der Waals surface area contributed by atoms with Gasteiger partial charge in [0.2, 0.25) is 5.88 Å². The number of carbonyl (C=O) groups excluding carboxylic acids is 1. The fourth-order valence-electron chi connectivity index (χ4n) is 4.52. The second-order valence-corrected chi connectivity index (χ2v) is 9.02. The van der Waals surface area contributed by atoms with Gasteiger partial charge >= 0.3 is 6.18 Å². The molecular formula is C25H28F3N5O2. The molecule has 7 nitrogen and oxygen atoms in total. The van der Waals surface area contributed by atoms with E-state index in [0.717, 1.165) is 17.8 Å². The maximum Gasteiger partial charge on any atom is 0.417 e. The number of nitrogens with zero attached hydrogens (tertiary/aromatic N) is 4. The zero-order valence-corrected chi connectivity index (χ0v) is 19.8. The van der Waals surface area contributed by atoms with Crippen molar-refractivity contribution in [3.05, 3.63) is 65.4 Å². The Hall–Kier alpha value is -3.43. The lowest BCUT2D eigenvalue weighted by Gasteiger charge is -2.32. The molecule has 2 aliphatic rings. The number of ether oxygens (including phenoxy) is 1. The van der Waals surface area contributed by atoms with Crippen LogP contribution in [0.15, 0.2) is 54.0 Å². The van der Waals surface area contributed by atoms with Gasteiger partial charge in [0.15, 0.2) is 5.82 Å². The lowest BCUT2D eigenvalue weighted by Crippen LogP contribution is -2.46. The normalized spacial score (nSPS) is 21.4. The minimum atomic E-state index is -4.46. The third kappa shape index (κ3) is 5.47. The minimum absolute atomic E-state index is 0.101. The number of rotatable bonds is 6. The fraction of sp³-hybridized carbons (Fsp3) is 0.440. The van der Waals surface area contributed by atoms with Gasteiger partial charge in [-0.15, -0.1) is 0 Å². The summed E-state index contributed by atoms with van der Waals surface area (Å²) in [6.07, 6.45) is 2.27. The molecular weight excluding hydrogens is 459 g/mol. The van der Waals surface area contributed by atoms with Crippen LogP contribution in [0.3, 0.4) is 0 Å².